The minimum Gasteiger partial charge on any atom is -0.467 e. The van der Waals surface area contributed by atoms with Crippen LogP contribution in [-0.4, -0.2) is 35.1 Å². The molecule has 0 saturated heterocycles. The fraction of sp³-hybridized carbons (Fsp3) is 0.500. The molecule has 0 fully saturated rings. The number of fused-ring (bicyclic) bond motifs is 1. The molecule has 0 radical (unpaired) electrons. The van der Waals surface area contributed by atoms with E-state index >= 15 is 0 Å². The number of hydrogen-bond acceptors (Lipinski definition) is 6. The standard InChI is InChI=1S/C8H12N4O2/c1-8(13)11-5-4-9-7(14-3)10-6(5)12(8)2/h4,11,13H,1-3H3. The summed E-state index contributed by atoms with van der Waals surface area (Å²) in [5, 5.41) is 12.7. The highest BCUT2D eigenvalue weighted by atomic mass is 16.5. The molecule has 0 amide bonds. The van der Waals surface area contributed by atoms with Crippen molar-refractivity contribution < 1.29 is 9.84 Å². The van der Waals surface area contributed by atoms with Gasteiger partial charge in [-0.25, -0.2) is 4.98 Å². The molecule has 1 atom stereocenters. The lowest BCUT2D eigenvalue weighted by Gasteiger charge is -2.26. The largest absolute Gasteiger partial charge is 0.467 e. The first kappa shape index (κ1) is 9.01. The number of nitrogens with one attached hydrogen (secondary N) is 1. The Morgan fingerprint density at radius 3 is 3.00 bits per heavy atom. The first-order valence-corrected chi connectivity index (χ1v) is 4.20. The van der Waals surface area contributed by atoms with Crippen LogP contribution in [0.25, 0.3) is 0 Å². The normalized spacial score (nSPS) is 24.4. The fourth-order valence-corrected chi connectivity index (χ4v) is 1.34. The SMILES string of the molecule is COc1ncc2c(n1)N(C)C(C)(O)N2. The summed E-state index contributed by atoms with van der Waals surface area (Å²) in [5.41, 5.74) is 0.693. The third-order valence-electron chi connectivity index (χ3n) is 2.27. The number of aliphatic hydroxyl groups is 1. The van der Waals surface area contributed by atoms with E-state index in [9.17, 15) is 5.11 Å². The summed E-state index contributed by atoms with van der Waals surface area (Å²) in [6.45, 7) is 1.64. The molecule has 6 nitrogen and oxygen atoms in total. The Balaban J connectivity index is 2.45. The van der Waals surface area contributed by atoms with Crippen LogP contribution in [0, 0.1) is 0 Å². The van der Waals surface area contributed by atoms with Crippen LogP contribution >= 0.6 is 0 Å². The van der Waals surface area contributed by atoms with Crippen LogP contribution in [0.1, 0.15) is 6.92 Å². The van der Waals surface area contributed by atoms with E-state index in [2.05, 4.69) is 15.3 Å². The molecule has 76 valence electrons. The number of hydrogen-bond donors (Lipinski definition) is 2. The summed E-state index contributed by atoms with van der Waals surface area (Å²) in [6.07, 6.45) is 1.58. The molecule has 1 aromatic rings. The van der Waals surface area contributed by atoms with E-state index in [0.717, 1.165) is 0 Å². The van der Waals surface area contributed by atoms with E-state index in [1.165, 1.54) is 7.11 Å². The average molecular weight is 196 g/mol. The van der Waals surface area contributed by atoms with Gasteiger partial charge in [-0.05, 0) is 0 Å². The summed E-state index contributed by atoms with van der Waals surface area (Å²) in [7, 11) is 3.24. The number of aromatic nitrogens is 2. The topological polar surface area (TPSA) is 70.5 Å². The Morgan fingerprint density at radius 1 is 1.64 bits per heavy atom. The van der Waals surface area contributed by atoms with Crippen LogP contribution < -0.4 is 15.0 Å². The quantitative estimate of drug-likeness (QED) is 0.659. The molecule has 1 aromatic heterocycles. The van der Waals surface area contributed by atoms with Crippen LogP contribution in [0.2, 0.25) is 0 Å². The summed E-state index contributed by atoms with van der Waals surface area (Å²) in [4.78, 5) is 9.67. The monoisotopic (exact) mass is 196 g/mol. The zero-order valence-corrected chi connectivity index (χ0v) is 8.27. The second-order valence-corrected chi connectivity index (χ2v) is 3.30. The van der Waals surface area contributed by atoms with Gasteiger partial charge in [-0.1, -0.05) is 0 Å². The van der Waals surface area contributed by atoms with Gasteiger partial charge in [-0.3, -0.25) is 0 Å². The molecule has 0 aliphatic carbocycles. The van der Waals surface area contributed by atoms with Crippen molar-refractivity contribution in [3.63, 3.8) is 0 Å². The molecule has 0 saturated carbocycles. The van der Waals surface area contributed by atoms with Crippen molar-refractivity contribution in [3.05, 3.63) is 6.20 Å². The molecule has 0 bridgehead atoms. The predicted octanol–water partition coefficient (Wildman–Crippen LogP) is 0.0129. The molecule has 0 aromatic carbocycles. The van der Waals surface area contributed by atoms with Crippen molar-refractivity contribution in [2.75, 3.05) is 24.4 Å². The van der Waals surface area contributed by atoms with Gasteiger partial charge in [0.25, 0.3) is 0 Å². The van der Waals surface area contributed by atoms with Crippen molar-refractivity contribution in [3.8, 4) is 6.01 Å². The minimum atomic E-state index is -1.12. The van der Waals surface area contributed by atoms with E-state index in [4.69, 9.17) is 4.74 Å². The van der Waals surface area contributed by atoms with Gasteiger partial charge in [-0.15, -0.1) is 0 Å². The molecular weight excluding hydrogens is 184 g/mol. The van der Waals surface area contributed by atoms with E-state index in [1.807, 2.05) is 0 Å². The lowest BCUT2D eigenvalue weighted by molar-refractivity contribution is 0.0973. The lowest BCUT2D eigenvalue weighted by atomic mass is 10.4. The molecule has 1 unspecified atom stereocenters. The van der Waals surface area contributed by atoms with E-state index in [0.29, 0.717) is 11.5 Å². The van der Waals surface area contributed by atoms with Crippen LogP contribution in [0.4, 0.5) is 11.5 Å². The van der Waals surface area contributed by atoms with Gasteiger partial charge in [0.05, 0.1) is 13.3 Å². The molecule has 2 N–H and O–H groups in total. The number of rotatable bonds is 1. The van der Waals surface area contributed by atoms with Gasteiger partial charge in [0, 0.05) is 14.0 Å². The van der Waals surface area contributed by atoms with Crippen LogP contribution in [-0.2, 0) is 0 Å². The molecule has 2 heterocycles. The van der Waals surface area contributed by atoms with E-state index in [1.54, 1.807) is 25.1 Å². The zero-order chi connectivity index (χ0) is 10.3. The first-order valence-electron chi connectivity index (χ1n) is 4.20. The molecule has 1 aliphatic rings. The zero-order valence-electron chi connectivity index (χ0n) is 8.27. The molecule has 1 aliphatic heterocycles. The summed E-state index contributed by atoms with van der Waals surface area (Å²) < 4.78 is 4.90. The number of methoxy groups -OCH3 is 1. The Morgan fingerprint density at radius 2 is 2.36 bits per heavy atom. The molecular formula is C8H12N4O2. The minimum absolute atomic E-state index is 0.287. The van der Waals surface area contributed by atoms with Crippen molar-refractivity contribution in [1.82, 2.24) is 9.97 Å². The number of anilines is 2. The number of ether oxygens (including phenoxy) is 1. The third kappa shape index (κ3) is 1.15. The highest BCUT2D eigenvalue weighted by Crippen LogP contribution is 2.35. The van der Waals surface area contributed by atoms with Crippen molar-refractivity contribution in [1.29, 1.82) is 0 Å². The van der Waals surface area contributed by atoms with Gasteiger partial charge in [-0.2, -0.15) is 4.98 Å². The molecule has 14 heavy (non-hydrogen) atoms. The predicted molar refractivity (Wildman–Crippen MR) is 51.2 cm³/mol. The Labute approximate surface area is 81.5 Å². The van der Waals surface area contributed by atoms with Crippen molar-refractivity contribution in [2.24, 2.45) is 0 Å². The maximum absolute atomic E-state index is 9.85. The van der Waals surface area contributed by atoms with Crippen LogP contribution in [0.5, 0.6) is 6.01 Å². The summed E-state index contributed by atoms with van der Waals surface area (Å²) >= 11 is 0. The van der Waals surface area contributed by atoms with Gasteiger partial charge >= 0.3 is 6.01 Å². The Bertz CT molecular complexity index is 366. The Hall–Kier alpha value is -1.56. The van der Waals surface area contributed by atoms with Gasteiger partial charge in [0.1, 0.15) is 5.69 Å². The third-order valence-corrected chi connectivity index (χ3v) is 2.27. The van der Waals surface area contributed by atoms with Gasteiger partial charge < -0.3 is 20.1 Å². The summed E-state index contributed by atoms with van der Waals surface area (Å²) in [6, 6.07) is 0.287. The second kappa shape index (κ2) is 2.71. The maximum atomic E-state index is 9.85. The lowest BCUT2D eigenvalue weighted by Crippen LogP contribution is -2.45. The molecule has 6 heteroatoms. The second-order valence-electron chi connectivity index (χ2n) is 3.30. The maximum Gasteiger partial charge on any atom is 0.318 e. The van der Waals surface area contributed by atoms with Crippen LogP contribution in [0.3, 0.4) is 0 Å². The van der Waals surface area contributed by atoms with E-state index < -0.39 is 5.85 Å². The highest BCUT2D eigenvalue weighted by Gasteiger charge is 2.36. The van der Waals surface area contributed by atoms with Crippen molar-refractivity contribution >= 4 is 11.5 Å². The molecule has 0 spiro atoms. The summed E-state index contributed by atoms with van der Waals surface area (Å²) in [5.74, 6) is -0.495. The van der Waals surface area contributed by atoms with Gasteiger partial charge in [0.2, 0.25) is 5.85 Å². The van der Waals surface area contributed by atoms with E-state index in [-0.39, 0.29) is 6.01 Å². The van der Waals surface area contributed by atoms with Crippen molar-refractivity contribution in [2.45, 2.75) is 12.8 Å². The number of nitrogens with zero attached hydrogens (tertiary/aromatic N) is 3. The molecule has 2 rings (SSSR count). The Kier molecular flexibility index (Phi) is 1.75. The van der Waals surface area contributed by atoms with Crippen LogP contribution in [0.15, 0.2) is 6.20 Å². The first-order chi connectivity index (χ1) is 6.54. The fourth-order valence-electron chi connectivity index (χ4n) is 1.34. The van der Waals surface area contributed by atoms with Gasteiger partial charge in [0.15, 0.2) is 5.82 Å². The average Bonchev–Trinajstić information content (AvgIpc) is 2.38. The highest BCUT2D eigenvalue weighted by molar-refractivity contribution is 5.72. The smallest absolute Gasteiger partial charge is 0.318 e.